The van der Waals surface area contributed by atoms with Crippen LogP contribution in [0.1, 0.15) is 17.3 Å². The van der Waals surface area contributed by atoms with Crippen LogP contribution >= 0.6 is 0 Å². The number of nitrogen functional groups attached to an aromatic ring is 1. The van der Waals surface area contributed by atoms with Crippen molar-refractivity contribution in [2.24, 2.45) is 5.84 Å². The Labute approximate surface area is 106 Å². The van der Waals surface area contributed by atoms with Gasteiger partial charge in [-0.3, -0.25) is 10.6 Å². The molecular formula is C12H19FN4O. The topological polar surface area (TPSA) is 70.4 Å². The van der Waals surface area contributed by atoms with E-state index < -0.39 is 5.82 Å². The maximum atomic E-state index is 13.4. The summed E-state index contributed by atoms with van der Waals surface area (Å²) in [5.41, 5.74) is 2.41. The zero-order chi connectivity index (χ0) is 13.7. The minimum Gasteiger partial charge on any atom is -0.350 e. The highest BCUT2D eigenvalue weighted by atomic mass is 19.1. The lowest BCUT2D eigenvalue weighted by Gasteiger charge is -2.20. The van der Waals surface area contributed by atoms with Crippen LogP contribution in [0, 0.1) is 5.82 Å². The number of hydrogen-bond acceptors (Lipinski definition) is 4. The molecule has 0 heterocycles. The van der Waals surface area contributed by atoms with Crippen molar-refractivity contribution in [3.63, 3.8) is 0 Å². The maximum absolute atomic E-state index is 13.4. The summed E-state index contributed by atoms with van der Waals surface area (Å²) in [5, 5.41) is 2.74. The second kappa shape index (κ2) is 6.32. The normalized spacial score (nSPS) is 12.3. The van der Waals surface area contributed by atoms with Crippen molar-refractivity contribution in [3.8, 4) is 0 Å². The van der Waals surface area contributed by atoms with Gasteiger partial charge in [-0.1, -0.05) is 6.07 Å². The third-order valence-corrected chi connectivity index (χ3v) is 2.84. The van der Waals surface area contributed by atoms with Crippen LogP contribution in [0.15, 0.2) is 18.2 Å². The minimum absolute atomic E-state index is 0.00695. The Morgan fingerprint density at radius 2 is 2.17 bits per heavy atom. The predicted octanol–water partition coefficient (Wildman–Crippen LogP) is 0.791. The molecular weight excluding hydrogens is 235 g/mol. The first-order valence-corrected chi connectivity index (χ1v) is 5.67. The zero-order valence-electron chi connectivity index (χ0n) is 10.8. The monoisotopic (exact) mass is 254 g/mol. The fraction of sp³-hybridized carbons (Fsp3) is 0.417. The zero-order valence-corrected chi connectivity index (χ0v) is 10.8. The molecule has 0 aliphatic rings. The van der Waals surface area contributed by atoms with Crippen molar-refractivity contribution in [3.05, 3.63) is 29.6 Å². The van der Waals surface area contributed by atoms with Crippen LogP contribution in [0.5, 0.6) is 0 Å². The lowest BCUT2D eigenvalue weighted by atomic mass is 10.1. The molecule has 0 aliphatic heterocycles. The van der Waals surface area contributed by atoms with Crippen molar-refractivity contribution in [1.82, 2.24) is 10.2 Å². The van der Waals surface area contributed by atoms with Gasteiger partial charge in [-0.05, 0) is 33.2 Å². The molecule has 1 rings (SSSR count). The predicted molar refractivity (Wildman–Crippen MR) is 69.7 cm³/mol. The Morgan fingerprint density at radius 1 is 1.50 bits per heavy atom. The van der Waals surface area contributed by atoms with Gasteiger partial charge in [-0.25, -0.2) is 4.39 Å². The van der Waals surface area contributed by atoms with Gasteiger partial charge in [0.2, 0.25) is 0 Å². The number of nitrogens with zero attached hydrogens (tertiary/aromatic N) is 1. The number of likely N-dealkylation sites (N-methyl/N-ethyl adjacent to an activating group) is 1. The number of hydrogen-bond donors (Lipinski definition) is 3. The summed E-state index contributed by atoms with van der Waals surface area (Å²) in [5.74, 6) is 4.31. The van der Waals surface area contributed by atoms with Crippen LogP contribution in [0.25, 0.3) is 0 Å². The molecule has 6 heteroatoms. The van der Waals surface area contributed by atoms with Crippen molar-refractivity contribution >= 4 is 11.6 Å². The van der Waals surface area contributed by atoms with E-state index in [1.165, 1.54) is 18.2 Å². The number of para-hydroxylation sites is 1. The van der Waals surface area contributed by atoms with Gasteiger partial charge < -0.3 is 15.6 Å². The van der Waals surface area contributed by atoms with E-state index in [0.29, 0.717) is 6.54 Å². The van der Waals surface area contributed by atoms with Crippen molar-refractivity contribution in [2.45, 2.75) is 13.0 Å². The van der Waals surface area contributed by atoms with Gasteiger partial charge in [0.15, 0.2) is 0 Å². The Balaban J connectivity index is 2.76. The van der Waals surface area contributed by atoms with Crippen LogP contribution in [-0.4, -0.2) is 37.5 Å². The average Bonchev–Trinajstić information content (AvgIpc) is 2.34. The number of benzene rings is 1. The van der Waals surface area contributed by atoms with Crippen molar-refractivity contribution in [1.29, 1.82) is 0 Å². The number of carbonyl (C=O) groups is 1. The second-order valence-electron chi connectivity index (χ2n) is 4.33. The van der Waals surface area contributed by atoms with Gasteiger partial charge in [0, 0.05) is 12.6 Å². The standard InChI is InChI=1S/C12H19FN4O/c1-8(17(2)3)7-15-12(18)9-5-4-6-10(13)11(9)16-14/h4-6,8,16H,7,14H2,1-3H3,(H,15,18). The number of rotatable bonds is 5. The first kappa shape index (κ1) is 14.4. The van der Waals surface area contributed by atoms with Crippen molar-refractivity contribution < 1.29 is 9.18 Å². The molecule has 0 saturated carbocycles. The van der Waals surface area contributed by atoms with E-state index in [0.717, 1.165) is 0 Å². The highest BCUT2D eigenvalue weighted by Crippen LogP contribution is 2.18. The molecule has 1 unspecified atom stereocenters. The average molecular weight is 254 g/mol. The fourth-order valence-electron chi connectivity index (χ4n) is 1.38. The van der Waals surface area contributed by atoms with Crippen LogP contribution < -0.4 is 16.6 Å². The Hall–Kier alpha value is -1.66. The number of halogens is 1. The summed E-state index contributed by atoms with van der Waals surface area (Å²) in [6.45, 7) is 2.46. The maximum Gasteiger partial charge on any atom is 0.253 e. The van der Waals surface area contributed by atoms with E-state index in [1.54, 1.807) is 0 Å². The number of amides is 1. The SMILES string of the molecule is CC(CNC(=O)c1cccc(F)c1NN)N(C)C. The largest absolute Gasteiger partial charge is 0.350 e. The lowest BCUT2D eigenvalue weighted by Crippen LogP contribution is -2.38. The molecule has 1 atom stereocenters. The van der Waals surface area contributed by atoms with Crippen LogP contribution in [0.3, 0.4) is 0 Å². The summed E-state index contributed by atoms with van der Waals surface area (Å²) < 4.78 is 13.4. The molecule has 4 N–H and O–H groups in total. The first-order chi connectivity index (χ1) is 8.47. The molecule has 0 fully saturated rings. The second-order valence-corrected chi connectivity index (χ2v) is 4.33. The van der Waals surface area contributed by atoms with E-state index >= 15 is 0 Å². The van der Waals surface area contributed by atoms with Gasteiger partial charge >= 0.3 is 0 Å². The summed E-state index contributed by atoms with van der Waals surface area (Å²) in [7, 11) is 3.84. The fourth-order valence-corrected chi connectivity index (χ4v) is 1.38. The molecule has 0 aliphatic carbocycles. The molecule has 1 aromatic rings. The summed E-state index contributed by atoms with van der Waals surface area (Å²) in [4.78, 5) is 13.9. The quantitative estimate of drug-likeness (QED) is 0.537. The summed E-state index contributed by atoms with van der Waals surface area (Å²) in [6, 6.07) is 4.43. The van der Waals surface area contributed by atoms with E-state index in [4.69, 9.17) is 5.84 Å². The van der Waals surface area contributed by atoms with Crippen LogP contribution in [0.2, 0.25) is 0 Å². The molecule has 5 nitrogen and oxygen atoms in total. The van der Waals surface area contributed by atoms with Gasteiger partial charge in [0.05, 0.1) is 11.3 Å². The Bertz CT molecular complexity index is 423. The minimum atomic E-state index is -0.550. The van der Waals surface area contributed by atoms with E-state index in [9.17, 15) is 9.18 Å². The molecule has 100 valence electrons. The Morgan fingerprint density at radius 3 is 2.72 bits per heavy atom. The molecule has 0 spiro atoms. The van der Waals surface area contributed by atoms with E-state index in [2.05, 4.69) is 10.7 Å². The van der Waals surface area contributed by atoms with Gasteiger partial charge in [0.25, 0.3) is 5.91 Å². The molecule has 1 aromatic carbocycles. The number of nitrogens with one attached hydrogen (secondary N) is 2. The lowest BCUT2D eigenvalue weighted by molar-refractivity contribution is 0.0944. The first-order valence-electron chi connectivity index (χ1n) is 5.67. The van der Waals surface area contributed by atoms with Crippen molar-refractivity contribution in [2.75, 3.05) is 26.1 Å². The van der Waals surface area contributed by atoms with E-state index in [-0.39, 0.29) is 23.2 Å². The van der Waals surface area contributed by atoms with Crippen LogP contribution in [-0.2, 0) is 0 Å². The smallest absolute Gasteiger partial charge is 0.253 e. The molecule has 0 bridgehead atoms. The number of anilines is 1. The van der Waals surface area contributed by atoms with E-state index in [1.807, 2.05) is 25.9 Å². The molecule has 0 aromatic heterocycles. The summed E-state index contributed by atoms with van der Waals surface area (Å²) in [6.07, 6.45) is 0. The summed E-state index contributed by atoms with van der Waals surface area (Å²) >= 11 is 0. The highest BCUT2D eigenvalue weighted by molar-refractivity contribution is 5.99. The van der Waals surface area contributed by atoms with Gasteiger partial charge in [-0.15, -0.1) is 0 Å². The third kappa shape index (κ3) is 3.41. The number of nitrogens with two attached hydrogens (primary N) is 1. The van der Waals surface area contributed by atoms with Gasteiger partial charge in [0.1, 0.15) is 5.82 Å². The highest BCUT2D eigenvalue weighted by Gasteiger charge is 2.15. The molecule has 18 heavy (non-hydrogen) atoms. The molecule has 0 radical (unpaired) electrons. The third-order valence-electron chi connectivity index (χ3n) is 2.84. The van der Waals surface area contributed by atoms with Gasteiger partial charge in [-0.2, -0.15) is 0 Å². The number of hydrazine groups is 1. The molecule has 1 amide bonds. The van der Waals surface area contributed by atoms with Crippen LogP contribution in [0.4, 0.5) is 10.1 Å². The molecule has 0 saturated heterocycles. The number of carbonyl (C=O) groups excluding carboxylic acids is 1. The Kier molecular flexibility index (Phi) is 5.06.